The van der Waals surface area contributed by atoms with E-state index in [1.165, 1.54) is 22.9 Å². The van der Waals surface area contributed by atoms with Crippen LogP contribution in [0.5, 0.6) is 5.75 Å². The summed E-state index contributed by atoms with van der Waals surface area (Å²) in [5.74, 6) is -0.253. The third-order valence-electron chi connectivity index (χ3n) is 4.97. The van der Waals surface area contributed by atoms with Gasteiger partial charge in [-0.1, -0.05) is 13.8 Å². The fourth-order valence-electron chi connectivity index (χ4n) is 3.64. The number of benzene rings is 1. The number of carbonyl (C=O) groups excluding carboxylic acids is 1. The smallest absolute Gasteiger partial charge is 0.407 e. The molecule has 32 heavy (non-hydrogen) atoms. The number of amides is 1. The van der Waals surface area contributed by atoms with Crippen molar-refractivity contribution in [2.45, 2.75) is 52.7 Å². The number of carbonyl (C=O) groups is 1. The van der Waals surface area contributed by atoms with E-state index < -0.39 is 17.5 Å². The largest absolute Gasteiger partial charge is 0.488 e. The Kier molecular flexibility index (Phi) is 6.71. The van der Waals surface area contributed by atoms with E-state index in [2.05, 4.69) is 10.3 Å². The monoisotopic (exact) mass is 443 g/mol. The topological polar surface area (TPSA) is 82.5 Å². The molecule has 0 fully saturated rings. The third kappa shape index (κ3) is 5.36. The molecule has 1 atom stereocenters. The van der Waals surface area contributed by atoms with E-state index >= 15 is 0 Å². The minimum Gasteiger partial charge on any atom is -0.488 e. The van der Waals surface area contributed by atoms with Gasteiger partial charge in [-0.15, -0.1) is 0 Å². The first-order valence-electron chi connectivity index (χ1n) is 10.6. The maximum atomic E-state index is 14.9. The van der Waals surface area contributed by atoms with Gasteiger partial charge in [-0.3, -0.25) is 9.78 Å². The Morgan fingerprint density at radius 3 is 2.59 bits per heavy atom. The van der Waals surface area contributed by atoms with E-state index in [1.54, 1.807) is 40.1 Å². The molecule has 8 heteroatoms. The molecular formula is C24H30FN3O4. The lowest BCUT2D eigenvalue weighted by Crippen LogP contribution is -2.42. The van der Waals surface area contributed by atoms with Crippen molar-refractivity contribution in [3.63, 3.8) is 0 Å². The van der Waals surface area contributed by atoms with Gasteiger partial charge in [0.25, 0.3) is 5.56 Å². The van der Waals surface area contributed by atoms with Crippen LogP contribution >= 0.6 is 0 Å². The van der Waals surface area contributed by atoms with Gasteiger partial charge >= 0.3 is 6.09 Å². The summed E-state index contributed by atoms with van der Waals surface area (Å²) in [7, 11) is 1.63. The van der Waals surface area contributed by atoms with E-state index in [0.29, 0.717) is 28.1 Å². The molecule has 2 aromatic heterocycles. The van der Waals surface area contributed by atoms with Crippen LogP contribution in [0.3, 0.4) is 0 Å². The zero-order valence-corrected chi connectivity index (χ0v) is 19.4. The summed E-state index contributed by atoms with van der Waals surface area (Å²) in [5, 5.41) is 4.46. The van der Waals surface area contributed by atoms with E-state index in [-0.39, 0.29) is 29.9 Å². The second-order valence-electron chi connectivity index (χ2n) is 9.37. The molecule has 1 amide bonds. The van der Waals surface area contributed by atoms with Crippen molar-refractivity contribution in [2.24, 2.45) is 13.0 Å². The molecule has 0 aliphatic carbocycles. The predicted octanol–water partition coefficient (Wildman–Crippen LogP) is 4.54. The summed E-state index contributed by atoms with van der Waals surface area (Å²) >= 11 is 0. The van der Waals surface area contributed by atoms with Crippen molar-refractivity contribution in [3.05, 3.63) is 46.8 Å². The first-order chi connectivity index (χ1) is 15.0. The van der Waals surface area contributed by atoms with Gasteiger partial charge in [0, 0.05) is 30.9 Å². The van der Waals surface area contributed by atoms with E-state index in [4.69, 9.17) is 9.47 Å². The number of pyridine rings is 2. The van der Waals surface area contributed by atoms with Gasteiger partial charge in [0.05, 0.1) is 16.9 Å². The summed E-state index contributed by atoms with van der Waals surface area (Å²) in [6.07, 6.45) is 3.14. The lowest BCUT2D eigenvalue weighted by molar-refractivity contribution is 0.0479. The molecule has 1 N–H and O–H groups in total. The van der Waals surface area contributed by atoms with Gasteiger partial charge < -0.3 is 19.4 Å². The molecule has 0 bridgehead atoms. The molecule has 0 aliphatic rings. The molecule has 7 nitrogen and oxygen atoms in total. The molecule has 0 aliphatic heterocycles. The highest BCUT2D eigenvalue weighted by atomic mass is 19.1. The van der Waals surface area contributed by atoms with Crippen molar-refractivity contribution in [2.75, 3.05) is 6.61 Å². The highest BCUT2D eigenvalue weighted by Crippen LogP contribution is 2.28. The fraction of sp³-hybridized carbons (Fsp3) is 0.458. The van der Waals surface area contributed by atoms with Crippen LogP contribution in [0.15, 0.2) is 35.4 Å². The SMILES string of the molecule is CC(C)C[C@@H](COc1cc2c(cc1F)c1ccncc1c(=O)n2C)NC(=O)OC(C)(C)C. The predicted molar refractivity (Wildman–Crippen MR) is 123 cm³/mol. The van der Waals surface area contributed by atoms with Crippen LogP contribution in [-0.2, 0) is 11.8 Å². The number of rotatable bonds is 6. The van der Waals surface area contributed by atoms with Crippen LogP contribution in [0.1, 0.15) is 41.0 Å². The lowest BCUT2D eigenvalue weighted by atomic mass is 10.0. The molecular weight excluding hydrogens is 413 g/mol. The maximum Gasteiger partial charge on any atom is 0.407 e. The van der Waals surface area contributed by atoms with Crippen LogP contribution in [-0.4, -0.2) is 33.9 Å². The molecule has 0 saturated carbocycles. The Balaban J connectivity index is 1.89. The fourth-order valence-corrected chi connectivity index (χ4v) is 3.64. The summed E-state index contributed by atoms with van der Waals surface area (Å²) in [4.78, 5) is 28.9. The summed E-state index contributed by atoms with van der Waals surface area (Å²) in [6.45, 7) is 9.47. The lowest BCUT2D eigenvalue weighted by Gasteiger charge is -2.25. The van der Waals surface area contributed by atoms with Gasteiger partial charge in [0.1, 0.15) is 12.2 Å². The molecule has 0 radical (unpaired) electrons. The highest BCUT2D eigenvalue weighted by molar-refractivity contribution is 6.05. The Labute approximate surface area is 186 Å². The summed E-state index contributed by atoms with van der Waals surface area (Å²) in [5.41, 5.74) is -0.297. The van der Waals surface area contributed by atoms with Gasteiger partial charge in [-0.25, -0.2) is 9.18 Å². The second-order valence-corrected chi connectivity index (χ2v) is 9.37. The molecule has 1 aromatic carbocycles. The zero-order valence-electron chi connectivity index (χ0n) is 19.4. The number of halogens is 1. The van der Waals surface area contributed by atoms with Crippen molar-refractivity contribution in [1.29, 1.82) is 0 Å². The Bertz CT molecular complexity index is 1200. The van der Waals surface area contributed by atoms with Crippen LogP contribution < -0.4 is 15.6 Å². The molecule has 3 rings (SSSR count). The molecule has 3 aromatic rings. The number of hydrogen-bond donors (Lipinski definition) is 1. The van der Waals surface area contributed by atoms with Crippen molar-refractivity contribution < 1.29 is 18.7 Å². The minimum atomic E-state index is -0.624. The third-order valence-corrected chi connectivity index (χ3v) is 4.97. The minimum absolute atomic E-state index is 0.0145. The highest BCUT2D eigenvalue weighted by Gasteiger charge is 2.21. The van der Waals surface area contributed by atoms with Crippen molar-refractivity contribution in [1.82, 2.24) is 14.9 Å². The number of fused-ring (bicyclic) bond motifs is 3. The van der Waals surface area contributed by atoms with Crippen molar-refractivity contribution in [3.8, 4) is 5.75 Å². The number of hydrogen-bond acceptors (Lipinski definition) is 5. The van der Waals surface area contributed by atoms with Crippen LogP contribution in [0.4, 0.5) is 9.18 Å². The maximum absolute atomic E-state index is 14.9. The van der Waals surface area contributed by atoms with Crippen LogP contribution in [0, 0.1) is 11.7 Å². The molecule has 0 saturated heterocycles. The van der Waals surface area contributed by atoms with E-state index in [1.807, 2.05) is 13.8 Å². The van der Waals surface area contributed by atoms with Gasteiger partial charge in [0.15, 0.2) is 11.6 Å². The molecule has 0 spiro atoms. The first kappa shape index (κ1) is 23.5. The average molecular weight is 444 g/mol. The number of aryl methyl sites for hydroxylation is 1. The number of ether oxygens (including phenoxy) is 2. The Morgan fingerprint density at radius 2 is 1.94 bits per heavy atom. The molecule has 172 valence electrons. The number of nitrogens with one attached hydrogen (secondary N) is 1. The van der Waals surface area contributed by atoms with E-state index in [9.17, 15) is 14.0 Å². The number of nitrogens with zero attached hydrogens (tertiary/aromatic N) is 2. The molecule has 0 unspecified atom stereocenters. The zero-order chi connectivity index (χ0) is 23.6. The normalized spacial score (nSPS) is 12.9. The van der Waals surface area contributed by atoms with Crippen molar-refractivity contribution >= 4 is 27.8 Å². The quantitative estimate of drug-likeness (QED) is 0.566. The second kappa shape index (κ2) is 9.14. The number of aromatic nitrogens is 2. The average Bonchev–Trinajstić information content (AvgIpc) is 2.68. The van der Waals surface area contributed by atoms with Gasteiger partial charge in [-0.05, 0) is 50.6 Å². The van der Waals surface area contributed by atoms with Gasteiger partial charge in [0.2, 0.25) is 0 Å². The standard InChI is InChI=1S/C24H30FN3O4/c1-14(2)9-15(27-23(30)32-24(3,4)5)13-31-21-11-20-17(10-19(21)25)16-7-8-26-12-18(16)22(29)28(20)6/h7-8,10-12,14-15H,9,13H2,1-6H3,(H,27,30)/t15-/m0/s1. The van der Waals surface area contributed by atoms with Crippen LogP contribution in [0.2, 0.25) is 0 Å². The Hall–Kier alpha value is -3.16. The summed E-state index contributed by atoms with van der Waals surface area (Å²) in [6, 6.07) is 4.21. The Morgan fingerprint density at radius 1 is 1.22 bits per heavy atom. The van der Waals surface area contributed by atoms with E-state index in [0.717, 1.165) is 0 Å². The summed E-state index contributed by atoms with van der Waals surface area (Å²) < 4.78 is 27.5. The molecule has 2 heterocycles. The van der Waals surface area contributed by atoms with Crippen LogP contribution in [0.25, 0.3) is 21.7 Å². The van der Waals surface area contributed by atoms with Gasteiger partial charge in [-0.2, -0.15) is 0 Å². The number of alkyl carbamates (subject to hydrolysis) is 1. The first-order valence-corrected chi connectivity index (χ1v) is 10.6.